The molecule has 3 unspecified atom stereocenters. The highest BCUT2D eigenvalue weighted by Gasteiger charge is 2.58. The lowest BCUT2D eigenvalue weighted by molar-refractivity contribution is -0.148. The van der Waals surface area contributed by atoms with Crippen LogP contribution in [0.2, 0.25) is 0 Å². The minimum absolute atomic E-state index is 0.0287. The number of carbonyl (C=O) groups excluding carboxylic acids is 2. The number of carbonyl (C=O) groups is 2. The monoisotopic (exact) mass is 409 g/mol. The second-order valence-electron chi connectivity index (χ2n) is 10.2. The number of rotatable bonds is 3. The number of esters is 1. The first kappa shape index (κ1) is 19.7. The van der Waals surface area contributed by atoms with Crippen LogP contribution < -0.4 is 0 Å². The Balaban J connectivity index is 1.46. The van der Waals surface area contributed by atoms with Crippen LogP contribution >= 0.6 is 0 Å². The van der Waals surface area contributed by atoms with Crippen molar-refractivity contribution in [3.63, 3.8) is 0 Å². The maximum absolute atomic E-state index is 12.0. The summed E-state index contributed by atoms with van der Waals surface area (Å²) in [6.07, 6.45) is 14.1. The van der Waals surface area contributed by atoms with Crippen LogP contribution in [0.3, 0.4) is 0 Å². The van der Waals surface area contributed by atoms with E-state index >= 15 is 0 Å². The fraction of sp³-hybridized carbons (Fsp3) is 0.667. The molecule has 4 aliphatic rings. The predicted molar refractivity (Wildman–Crippen MR) is 112 cm³/mol. The van der Waals surface area contributed by atoms with Crippen molar-refractivity contribution in [3.8, 4) is 0 Å². The van der Waals surface area contributed by atoms with E-state index in [1.54, 1.807) is 6.20 Å². The van der Waals surface area contributed by atoms with Crippen molar-refractivity contribution in [1.82, 2.24) is 15.0 Å². The summed E-state index contributed by atoms with van der Waals surface area (Å²) in [5.41, 5.74) is 3.59. The number of hydrogen-bond acceptors (Lipinski definition) is 5. The maximum atomic E-state index is 12.0. The van der Waals surface area contributed by atoms with Gasteiger partial charge in [0.05, 0.1) is 18.1 Å². The molecule has 5 rings (SSSR count). The molecule has 2 fully saturated rings. The molecule has 4 aliphatic carbocycles. The summed E-state index contributed by atoms with van der Waals surface area (Å²) >= 11 is 0. The number of ether oxygens (including phenoxy) is 1. The van der Waals surface area contributed by atoms with Crippen molar-refractivity contribution >= 4 is 18.0 Å². The van der Waals surface area contributed by atoms with Crippen LogP contribution in [0.1, 0.15) is 65.7 Å². The van der Waals surface area contributed by atoms with Crippen LogP contribution in [0.25, 0.3) is 5.70 Å². The van der Waals surface area contributed by atoms with E-state index in [2.05, 4.69) is 30.2 Å². The van der Waals surface area contributed by atoms with E-state index in [0.717, 1.165) is 62.5 Å². The van der Waals surface area contributed by atoms with Gasteiger partial charge in [-0.1, -0.05) is 30.7 Å². The summed E-state index contributed by atoms with van der Waals surface area (Å²) in [4.78, 5) is 23.4. The molecule has 6 atom stereocenters. The third kappa shape index (κ3) is 2.75. The molecule has 1 heterocycles. The van der Waals surface area contributed by atoms with Crippen molar-refractivity contribution in [1.29, 1.82) is 0 Å². The van der Waals surface area contributed by atoms with E-state index in [-0.39, 0.29) is 22.9 Å². The normalized spacial score (nSPS) is 40.2. The molecule has 160 valence electrons. The zero-order valence-corrected chi connectivity index (χ0v) is 18.1. The Kier molecular flexibility index (Phi) is 4.53. The van der Waals surface area contributed by atoms with Gasteiger partial charge < -0.3 is 4.74 Å². The second kappa shape index (κ2) is 6.89. The highest BCUT2D eigenvalue weighted by atomic mass is 16.5. The predicted octanol–water partition coefficient (Wildman–Crippen LogP) is 4.19. The third-order valence-corrected chi connectivity index (χ3v) is 8.86. The van der Waals surface area contributed by atoms with Gasteiger partial charge in [0.1, 0.15) is 12.4 Å². The second-order valence-corrected chi connectivity index (χ2v) is 10.2. The Morgan fingerprint density at radius 3 is 2.70 bits per heavy atom. The molecule has 0 aliphatic heterocycles. The quantitative estimate of drug-likeness (QED) is 0.425. The minimum atomic E-state index is -0.176. The van der Waals surface area contributed by atoms with Gasteiger partial charge in [-0.05, 0) is 61.7 Å². The Morgan fingerprint density at radius 1 is 1.20 bits per heavy atom. The summed E-state index contributed by atoms with van der Waals surface area (Å²) in [5, 5.41) is 8.24. The summed E-state index contributed by atoms with van der Waals surface area (Å²) < 4.78 is 7.38. The molecule has 0 spiro atoms. The molecule has 0 aromatic carbocycles. The van der Waals surface area contributed by atoms with Crippen LogP contribution in [-0.4, -0.2) is 33.4 Å². The summed E-state index contributed by atoms with van der Waals surface area (Å²) in [7, 11) is 0. The Morgan fingerprint density at radius 2 is 2.00 bits per heavy atom. The molecule has 1 aromatic heterocycles. The first-order chi connectivity index (χ1) is 14.4. The summed E-state index contributed by atoms with van der Waals surface area (Å²) in [6, 6.07) is 0. The van der Waals surface area contributed by atoms with Crippen LogP contribution in [0, 0.1) is 28.6 Å². The third-order valence-electron chi connectivity index (χ3n) is 8.86. The lowest BCUT2D eigenvalue weighted by Gasteiger charge is -2.57. The molecule has 30 heavy (non-hydrogen) atoms. The topological polar surface area (TPSA) is 74.1 Å². The van der Waals surface area contributed by atoms with Crippen molar-refractivity contribution < 1.29 is 14.3 Å². The molecule has 1 aromatic rings. The van der Waals surface area contributed by atoms with Crippen molar-refractivity contribution in [2.75, 3.05) is 0 Å². The lowest BCUT2D eigenvalue weighted by Crippen LogP contribution is -2.50. The molecule has 0 bridgehead atoms. The van der Waals surface area contributed by atoms with Crippen molar-refractivity contribution in [2.45, 2.75) is 71.8 Å². The highest BCUT2D eigenvalue weighted by molar-refractivity contribution is 5.86. The number of nitrogens with zero attached hydrogens (tertiary/aromatic N) is 3. The van der Waals surface area contributed by atoms with Gasteiger partial charge in [0.15, 0.2) is 0 Å². The maximum Gasteiger partial charge on any atom is 0.302 e. The minimum Gasteiger partial charge on any atom is -0.462 e. The van der Waals surface area contributed by atoms with Gasteiger partial charge in [0.25, 0.3) is 0 Å². The molecule has 6 heteroatoms. The molecule has 0 N–H and O–H groups in total. The van der Waals surface area contributed by atoms with E-state index in [0.29, 0.717) is 17.8 Å². The molecule has 2 saturated carbocycles. The van der Waals surface area contributed by atoms with E-state index in [9.17, 15) is 9.59 Å². The van der Waals surface area contributed by atoms with Gasteiger partial charge in [0.2, 0.25) is 0 Å². The van der Waals surface area contributed by atoms with Gasteiger partial charge in [-0.25, -0.2) is 4.68 Å². The van der Waals surface area contributed by atoms with Crippen LogP contribution in [-0.2, 0) is 14.3 Å². The van der Waals surface area contributed by atoms with Gasteiger partial charge >= 0.3 is 5.97 Å². The standard InChI is InChI=1S/C24H31N3O3/c1-15(29)30-18-6-8-23(2)17(13-18)4-5-19-20(23)7-9-24(3)21(19)12-16(14-28)22(24)27-11-10-25-26-27/h4,10-11,14,18-21H,5-9,12-13H2,1-3H3/t18-,19?,20?,21?,23-,24-/m0/s1. The van der Waals surface area contributed by atoms with Gasteiger partial charge in [-0.2, -0.15) is 0 Å². The number of fused-ring (bicyclic) bond motifs is 5. The highest BCUT2D eigenvalue weighted by Crippen LogP contribution is 2.66. The summed E-state index contributed by atoms with van der Waals surface area (Å²) in [6.45, 7) is 6.27. The molecule has 6 nitrogen and oxygen atoms in total. The fourth-order valence-corrected chi connectivity index (χ4v) is 7.49. The molecule has 0 saturated heterocycles. The van der Waals surface area contributed by atoms with Crippen molar-refractivity contribution in [2.24, 2.45) is 28.6 Å². The first-order valence-corrected chi connectivity index (χ1v) is 11.3. The summed E-state index contributed by atoms with van der Waals surface area (Å²) in [5.74, 6) is 1.47. The number of hydrogen-bond donors (Lipinski definition) is 0. The smallest absolute Gasteiger partial charge is 0.302 e. The number of allylic oxidation sites excluding steroid dienone is 3. The average molecular weight is 410 g/mol. The Bertz CT molecular complexity index is 934. The SMILES string of the molecule is CC(=O)O[C@H]1CC[C@@]2(C)C(=CCC3C2CC[C@]2(C)C(n4ccnn4)=C(C=O)CC32)C1. The zero-order chi connectivity index (χ0) is 21.1. The van der Waals surface area contributed by atoms with E-state index < -0.39 is 0 Å². The number of aldehydes is 1. The molecule has 0 amide bonds. The van der Waals surface area contributed by atoms with Gasteiger partial charge in [-0.15, -0.1) is 5.10 Å². The Labute approximate surface area is 177 Å². The average Bonchev–Trinajstić information content (AvgIpc) is 3.32. The molecular formula is C24H31N3O3. The lowest BCUT2D eigenvalue weighted by atomic mass is 9.48. The first-order valence-electron chi connectivity index (χ1n) is 11.3. The number of aromatic nitrogens is 3. The Hall–Kier alpha value is -2.24. The molecular weight excluding hydrogens is 378 g/mol. The zero-order valence-electron chi connectivity index (χ0n) is 18.1. The van der Waals surface area contributed by atoms with E-state index in [4.69, 9.17) is 4.74 Å². The van der Waals surface area contributed by atoms with Gasteiger partial charge in [-0.3, -0.25) is 9.59 Å². The van der Waals surface area contributed by atoms with Crippen LogP contribution in [0.4, 0.5) is 0 Å². The van der Waals surface area contributed by atoms with Crippen molar-refractivity contribution in [3.05, 3.63) is 29.6 Å². The van der Waals surface area contributed by atoms with Crippen LogP contribution in [0.5, 0.6) is 0 Å². The van der Waals surface area contributed by atoms with E-state index in [1.807, 2.05) is 10.9 Å². The largest absolute Gasteiger partial charge is 0.462 e. The van der Waals surface area contributed by atoms with Gasteiger partial charge in [0, 0.05) is 24.3 Å². The van der Waals surface area contributed by atoms with E-state index in [1.165, 1.54) is 12.5 Å². The molecule has 0 radical (unpaired) electrons. The van der Waals surface area contributed by atoms with Crippen LogP contribution in [0.15, 0.2) is 29.6 Å². The fourth-order valence-electron chi connectivity index (χ4n) is 7.49.